The lowest BCUT2D eigenvalue weighted by molar-refractivity contribution is 0.0668. The highest BCUT2D eigenvalue weighted by molar-refractivity contribution is 5.94. The zero-order chi connectivity index (χ0) is 21.6. The molecule has 0 spiro atoms. The molecule has 0 N–H and O–H groups in total. The summed E-state index contributed by atoms with van der Waals surface area (Å²) in [7, 11) is 0. The van der Waals surface area contributed by atoms with Crippen LogP contribution in [0, 0.1) is 5.92 Å². The second-order valence-corrected chi connectivity index (χ2v) is 7.79. The Bertz CT molecular complexity index is 985. The van der Waals surface area contributed by atoms with E-state index in [0.29, 0.717) is 36.3 Å². The number of hydrogen-bond donors (Lipinski definition) is 0. The first-order valence-corrected chi connectivity index (χ1v) is 10.9. The van der Waals surface area contributed by atoms with Crippen LogP contribution in [0.2, 0.25) is 0 Å². The van der Waals surface area contributed by atoms with Crippen LogP contribution in [-0.2, 0) is 6.42 Å². The van der Waals surface area contributed by atoms with Crippen LogP contribution in [0.5, 0.6) is 0 Å². The fourth-order valence-corrected chi connectivity index (χ4v) is 4.11. The molecule has 1 amide bonds. The number of rotatable bonds is 7. The maximum atomic E-state index is 13.1. The van der Waals surface area contributed by atoms with E-state index >= 15 is 0 Å². The Kier molecular flexibility index (Phi) is 6.54. The highest BCUT2D eigenvalue weighted by Crippen LogP contribution is 2.23. The van der Waals surface area contributed by atoms with E-state index in [9.17, 15) is 4.79 Å². The fraction of sp³-hybridized carbons (Fsp3) is 0.435. The van der Waals surface area contributed by atoms with Crippen molar-refractivity contribution in [3.8, 4) is 11.5 Å². The summed E-state index contributed by atoms with van der Waals surface area (Å²) in [5, 5.41) is 4.02. The van der Waals surface area contributed by atoms with Gasteiger partial charge in [-0.1, -0.05) is 5.16 Å². The van der Waals surface area contributed by atoms with E-state index in [1.54, 1.807) is 18.6 Å². The molecule has 31 heavy (non-hydrogen) atoms. The molecule has 3 aromatic rings. The Hall–Kier alpha value is -3.29. The van der Waals surface area contributed by atoms with Gasteiger partial charge in [0.05, 0.1) is 6.20 Å². The van der Waals surface area contributed by atoms with Gasteiger partial charge in [-0.3, -0.25) is 9.78 Å². The summed E-state index contributed by atoms with van der Waals surface area (Å²) < 4.78 is 5.42. The van der Waals surface area contributed by atoms with Crippen molar-refractivity contribution >= 4 is 11.6 Å². The minimum atomic E-state index is 0.0848. The van der Waals surface area contributed by atoms with E-state index < -0.39 is 0 Å². The molecule has 3 heterocycles. The van der Waals surface area contributed by atoms with Crippen LogP contribution in [0.25, 0.3) is 11.5 Å². The summed E-state index contributed by atoms with van der Waals surface area (Å²) in [5.41, 5.74) is 2.47. The van der Waals surface area contributed by atoms with Gasteiger partial charge in [0.2, 0.25) is 11.7 Å². The monoisotopic (exact) mass is 420 g/mol. The summed E-state index contributed by atoms with van der Waals surface area (Å²) in [4.78, 5) is 30.0. The Morgan fingerprint density at radius 3 is 2.71 bits per heavy atom. The van der Waals surface area contributed by atoms with Gasteiger partial charge in [-0.25, -0.2) is 4.98 Å². The van der Waals surface area contributed by atoms with Crippen molar-refractivity contribution in [1.82, 2.24) is 25.0 Å². The number of carbonyl (C=O) groups excluding carboxylic acids is 1. The lowest BCUT2D eigenvalue weighted by Crippen LogP contribution is -2.40. The zero-order valence-electron chi connectivity index (χ0n) is 18.1. The Balaban J connectivity index is 1.38. The zero-order valence-corrected chi connectivity index (χ0v) is 18.1. The molecule has 0 radical (unpaired) electrons. The number of carbonyl (C=O) groups is 1. The van der Waals surface area contributed by atoms with Gasteiger partial charge < -0.3 is 14.3 Å². The van der Waals surface area contributed by atoms with Crippen LogP contribution < -0.4 is 4.90 Å². The number of benzene rings is 1. The number of nitrogens with zero attached hydrogens (tertiary/aromatic N) is 6. The number of amides is 1. The van der Waals surface area contributed by atoms with Crippen LogP contribution in [0.4, 0.5) is 5.69 Å². The molecule has 0 saturated carbocycles. The van der Waals surface area contributed by atoms with Crippen LogP contribution in [-0.4, -0.2) is 57.1 Å². The minimum Gasteiger partial charge on any atom is -0.372 e. The molecule has 4 rings (SSSR count). The van der Waals surface area contributed by atoms with Gasteiger partial charge in [0.25, 0.3) is 5.91 Å². The molecule has 2 aromatic heterocycles. The summed E-state index contributed by atoms with van der Waals surface area (Å²) in [6, 6.07) is 7.94. The van der Waals surface area contributed by atoms with Gasteiger partial charge in [-0.2, -0.15) is 4.98 Å². The SMILES string of the molecule is CCN(CC)c1ccc(C(=O)N2CCCC(Cc3nc(-c4cnccn4)no3)C2)cc1. The summed E-state index contributed by atoms with van der Waals surface area (Å²) in [6.45, 7) is 7.64. The molecule has 1 aliphatic rings. The number of hydrogen-bond acceptors (Lipinski definition) is 7. The van der Waals surface area contributed by atoms with Gasteiger partial charge in [-0.15, -0.1) is 0 Å². The summed E-state index contributed by atoms with van der Waals surface area (Å²) in [6.07, 6.45) is 7.48. The molecule has 0 aliphatic carbocycles. The van der Waals surface area contributed by atoms with Gasteiger partial charge in [0.1, 0.15) is 5.69 Å². The van der Waals surface area contributed by atoms with Crippen molar-refractivity contribution in [1.29, 1.82) is 0 Å². The van der Waals surface area contributed by atoms with Crippen molar-refractivity contribution in [2.75, 3.05) is 31.1 Å². The largest absolute Gasteiger partial charge is 0.372 e. The van der Waals surface area contributed by atoms with Crippen LogP contribution in [0.1, 0.15) is 42.9 Å². The third-order valence-corrected chi connectivity index (χ3v) is 5.77. The quantitative estimate of drug-likeness (QED) is 0.578. The number of likely N-dealkylation sites (tertiary alicyclic amines) is 1. The maximum Gasteiger partial charge on any atom is 0.253 e. The number of piperidine rings is 1. The predicted octanol–water partition coefficient (Wildman–Crippen LogP) is 3.47. The van der Waals surface area contributed by atoms with Gasteiger partial charge >= 0.3 is 0 Å². The Labute approximate surface area is 182 Å². The Morgan fingerprint density at radius 2 is 2.00 bits per heavy atom. The molecule has 162 valence electrons. The van der Waals surface area contributed by atoms with E-state index in [1.165, 1.54) is 0 Å². The smallest absolute Gasteiger partial charge is 0.253 e. The minimum absolute atomic E-state index is 0.0848. The first-order chi connectivity index (χ1) is 15.2. The van der Waals surface area contributed by atoms with Crippen LogP contribution in [0.15, 0.2) is 47.4 Å². The highest BCUT2D eigenvalue weighted by Gasteiger charge is 2.26. The Morgan fingerprint density at radius 1 is 1.19 bits per heavy atom. The lowest BCUT2D eigenvalue weighted by Gasteiger charge is -2.32. The maximum absolute atomic E-state index is 13.1. The molecular weight excluding hydrogens is 392 g/mol. The normalized spacial score (nSPS) is 16.3. The first-order valence-electron chi connectivity index (χ1n) is 10.9. The second-order valence-electron chi connectivity index (χ2n) is 7.79. The van der Waals surface area contributed by atoms with E-state index in [1.807, 2.05) is 29.2 Å². The topological polar surface area (TPSA) is 88.3 Å². The second kappa shape index (κ2) is 9.68. The third-order valence-electron chi connectivity index (χ3n) is 5.77. The van der Waals surface area contributed by atoms with Crippen molar-refractivity contribution in [3.05, 3.63) is 54.3 Å². The first kappa shape index (κ1) is 21.0. The fourth-order valence-electron chi connectivity index (χ4n) is 4.11. The molecule has 1 fully saturated rings. The van der Waals surface area contributed by atoms with Gasteiger partial charge in [0, 0.05) is 56.2 Å². The molecule has 8 heteroatoms. The summed E-state index contributed by atoms with van der Waals surface area (Å²) >= 11 is 0. The molecule has 1 atom stereocenters. The predicted molar refractivity (Wildman–Crippen MR) is 118 cm³/mol. The lowest BCUT2D eigenvalue weighted by atomic mass is 9.94. The van der Waals surface area contributed by atoms with E-state index in [0.717, 1.165) is 43.7 Å². The molecule has 1 aliphatic heterocycles. The van der Waals surface area contributed by atoms with Crippen molar-refractivity contribution in [3.63, 3.8) is 0 Å². The average Bonchev–Trinajstić information content (AvgIpc) is 3.29. The summed E-state index contributed by atoms with van der Waals surface area (Å²) in [5.74, 6) is 1.40. The molecule has 1 unspecified atom stereocenters. The van der Waals surface area contributed by atoms with Crippen LogP contribution >= 0.6 is 0 Å². The highest BCUT2D eigenvalue weighted by atomic mass is 16.5. The van der Waals surface area contributed by atoms with Crippen molar-refractivity contribution in [2.24, 2.45) is 5.92 Å². The molecule has 8 nitrogen and oxygen atoms in total. The van der Waals surface area contributed by atoms with Crippen molar-refractivity contribution < 1.29 is 9.32 Å². The number of anilines is 1. The third kappa shape index (κ3) is 4.90. The molecular formula is C23H28N6O2. The van der Waals surface area contributed by atoms with E-state index in [4.69, 9.17) is 4.52 Å². The van der Waals surface area contributed by atoms with Crippen molar-refractivity contribution in [2.45, 2.75) is 33.1 Å². The standard InChI is InChI=1S/C23H28N6O2/c1-3-28(4-2)19-9-7-18(8-10-19)23(30)29-13-5-6-17(16-29)14-21-26-22(27-31-21)20-15-24-11-12-25-20/h7-12,15,17H,3-6,13-14,16H2,1-2H3. The molecule has 1 saturated heterocycles. The molecule has 0 bridgehead atoms. The van der Waals surface area contributed by atoms with E-state index in [2.05, 4.69) is 38.9 Å². The average molecular weight is 421 g/mol. The number of aromatic nitrogens is 4. The van der Waals surface area contributed by atoms with Gasteiger partial charge in [0.15, 0.2) is 0 Å². The van der Waals surface area contributed by atoms with Gasteiger partial charge in [-0.05, 0) is 56.9 Å². The van der Waals surface area contributed by atoms with E-state index in [-0.39, 0.29) is 5.91 Å². The molecule has 1 aromatic carbocycles. The van der Waals surface area contributed by atoms with Crippen LogP contribution in [0.3, 0.4) is 0 Å².